The molecule has 0 aliphatic carbocycles. The first kappa shape index (κ1) is 10.2. The van der Waals surface area contributed by atoms with E-state index >= 15 is 0 Å². The molecule has 0 aliphatic heterocycles. The summed E-state index contributed by atoms with van der Waals surface area (Å²) in [7, 11) is 0. The Hall–Kier alpha value is -1.35. The Morgan fingerprint density at radius 2 is 2.07 bits per heavy atom. The molecule has 2 aromatic heterocycles. The van der Waals surface area contributed by atoms with E-state index in [9.17, 15) is 0 Å². The van der Waals surface area contributed by atoms with Crippen molar-refractivity contribution in [3.8, 4) is 11.4 Å². The highest BCUT2D eigenvalue weighted by atomic mass is 35.5. The topological polar surface area (TPSA) is 30.7 Å². The van der Waals surface area contributed by atoms with E-state index in [1.807, 2.05) is 22.8 Å². The molecule has 15 heavy (non-hydrogen) atoms. The zero-order chi connectivity index (χ0) is 10.8. The van der Waals surface area contributed by atoms with Crippen LogP contribution in [0.5, 0.6) is 0 Å². The highest BCUT2D eigenvalue weighted by molar-refractivity contribution is 6.28. The number of aromatic nitrogens is 3. The molecular formula is C11H12ClN3. The van der Waals surface area contributed by atoms with Crippen molar-refractivity contribution in [2.75, 3.05) is 0 Å². The average Bonchev–Trinajstić information content (AvgIpc) is 2.61. The summed E-state index contributed by atoms with van der Waals surface area (Å²) in [5.74, 6) is 0. The van der Waals surface area contributed by atoms with E-state index in [1.165, 1.54) is 0 Å². The lowest BCUT2D eigenvalue weighted by Gasteiger charge is -2.12. The van der Waals surface area contributed by atoms with Crippen molar-refractivity contribution in [3.05, 3.63) is 35.9 Å². The Bertz CT molecular complexity index is 448. The van der Waals surface area contributed by atoms with Crippen LogP contribution >= 0.6 is 11.6 Å². The molecule has 0 aliphatic rings. The summed E-state index contributed by atoms with van der Waals surface area (Å²) in [6.07, 6.45) is 3.52. The molecule has 0 fully saturated rings. The van der Waals surface area contributed by atoms with Crippen LogP contribution < -0.4 is 0 Å². The molecule has 0 radical (unpaired) electrons. The van der Waals surface area contributed by atoms with Crippen LogP contribution in [0, 0.1) is 0 Å². The fourth-order valence-electron chi connectivity index (χ4n) is 1.53. The minimum atomic E-state index is 0.275. The van der Waals surface area contributed by atoms with E-state index in [0.717, 1.165) is 11.4 Å². The molecule has 78 valence electrons. The fourth-order valence-corrected chi connectivity index (χ4v) is 1.87. The van der Waals surface area contributed by atoms with E-state index in [0.29, 0.717) is 5.28 Å². The van der Waals surface area contributed by atoms with E-state index < -0.39 is 0 Å². The van der Waals surface area contributed by atoms with E-state index in [-0.39, 0.29) is 6.04 Å². The van der Waals surface area contributed by atoms with Gasteiger partial charge in [0.15, 0.2) is 0 Å². The van der Waals surface area contributed by atoms with Gasteiger partial charge in [0.1, 0.15) is 0 Å². The molecule has 0 spiro atoms. The molecule has 0 bridgehead atoms. The van der Waals surface area contributed by atoms with Gasteiger partial charge in [-0.15, -0.1) is 0 Å². The highest BCUT2D eigenvalue weighted by Gasteiger charge is 2.12. The van der Waals surface area contributed by atoms with Crippen LogP contribution in [0.2, 0.25) is 5.28 Å². The molecule has 2 aromatic rings. The Balaban J connectivity index is 2.54. The standard InChI is InChI=1S/C11H12ClN3/c1-8(2)15-10(7-14-11(15)12)9-5-3-4-6-13-9/h3-8H,1-2H3. The van der Waals surface area contributed by atoms with Crippen LogP contribution in [0.4, 0.5) is 0 Å². The van der Waals surface area contributed by atoms with Gasteiger partial charge >= 0.3 is 0 Å². The molecule has 0 saturated heterocycles. The quantitative estimate of drug-likeness (QED) is 0.780. The van der Waals surface area contributed by atoms with Crippen LogP contribution in [0.3, 0.4) is 0 Å². The van der Waals surface area contributed by atoms with Gasteiger partial charge in [-0.2, -0.15) is 0 Å². The van der Waals surface area contributed by atoms with Gasteiger partial charge in [0.05, 0.1) is 17.6 Å². The normalized spacial score (nSPS) is 10.9. The van der Waals surface area contributed by atoms with Crippen molar-refractivity contribution in [1.29, 1.82) is 0 Å². The van der Waals surface area contributed by atoms with Crippen LogP contribution in [0.15, 0.2) is 30.6 Å². The molecule has 0 aromatic carbocycles. The first-order valence-corrected chi connectivity index (χ1v) is 5.22. The van der Waals surface area contributed by atoms with Crippen molar-refractivity contribution >= 4 is 11.6 Å². The maximum absolute atomic E-state index is 6.01. The Morgan fingerprint density at radius 1 is 1.27 bits per heavy atom. The molecular weight excluding hydrogens is 210 g/mol. The van der Waals surface area contributed by atoms with Gasteiger partial charge in [-0.25, -0.2) is 4.98 Å². The lowest BCUT2D eigenvalue weighted by atomic mass is 10.2. The first-order valence-electron chi connectivity index (χ1n) is 4.84. The van der Waals surface area contributed by atoms with Crippen LogP contribution in [0.1, 0.15) is 19.9 Å². The van der Waals surface area contributed by atoms with Gasteiger partial charge in [0.25, 0.3) is 0 Å². The predicted molar refractivity (Wildman–Crippen MR) is 60.9 cm³/mol. The number of halogens is 1. The van der Waals surface area contributed by atoms with Crippen molar-refractivity contribution < 1.29 is 0 Å². The third-order valence-electron chi connectivity index (χ3n) is 2.20. The predicted octanol–water partition coefficient (Wildman–Crippen LogP) is 3.18. The molecule has 4 heteroatoms. The zero-order valence-corrected chi connectivity index (χ0v) is 9.44. The minimum absolute atomic E-state index is 0.275. The number of imidazole rings is 1. The zero-order valence-electron chi connectivity index (χ0n) is 8.68. The summed E-state index contributed by atoms with van der Waals surface area (Å²) in [6.45, 7) is 4.14. The second-order valence-corrected chi connectivity index (χ2v) is 3.93. The highest BCUT2D eigenvalue weighted by Crippen LogP contribution is 2.25. The Labute approximate surface area is 93.7 Å². The van der Waals surface area contributed by atoms with Crippen LogP contribution in [-0.2, 0) is 0 Å². The van der Waals surface area contributed by atoms with Crippen molar-refractivity contribution in [3.63, 3.8) is 0 Å². The minimum Gasteiger partial charge on any atom is -0.311 e. The summed E-state index contributed by atoms with van der Waals surface area (Å²) in [6, 6.07) is 6.07. The van der Waals surface area contributed by atoms with E-state index in [4.69, 9.17) is 11.6 Å². The largest absolute Gasteiger partial charge is 0.311 e. The second-order valence-electron chi connectivity index (χ2n) is 3.59. The average molecular weight is 222 g/mol. The Morgan fingerprint density at radius 3 is 2.67 bits per heavy atom. The molecule has 0 unspecified atom stereocenters. The third-order valence-corrected chi connectivity index (χ3v) is 2.48. The SMILES string of the molecule is CC(C)n1c(-c2ccccn2)cnc1Cl. The third kappa shape index (κ3) is 1.88. The Kier molecular flexibility index (Phi) is 2.73. The van der Waals surface area contributed by atoms with Crippen LogP contribution in [-0.4, -0.2) is 14.5 Å². The van der Waals surface area contributed by atoms with E-state index in [2.05, 4.69) is 23.8 Å². The molecule has 2 heterocycles. The summed E-state index contributed by atoms with van der Waals surface area (Å²) in [4.78, 5) is 8.39. The van der Waals surface area contributed by atoms with Gasteiger partial charge in [-0.3, -0.25) is 4.98 Å². The summed E-state index contributed by atoms with van der Waals surface area (Å²) in [5, 5.41) is 0.505. The maximum atomic E-state index is 6.01. The lowest BCUT2D eigenvalue weighted by Crippen LogP contribution is -2.03. The number of pyridine rings is 1. The number of nitrogens with zero attached hydrogens (tertiary/aromatic N) is 3. The smallest absolute Gasteiger partial charge is 0.203 e. The number of hydrogen-bond donors (Lipinski definition) is 0. The summed E-state index contributed by atoms with van der Waals surface area (Å²) in [5.41, 5.74) is 1.85. The van der Waals surface area contributed by atoms with Gasteiger partial charge < -0.3 is 4.57 Å². The van der Waals surface area contributed by atoms with Gasteiger partial charge in [0, 0.05) is 12.2 Å². The maximum Gasteiger partial charge on any atom is 0.203 e. The number of hydrogen-bond acceptors (Lipinski definition) is 2. The molecule has 0 amide bonds. The van der Waals surface area contributed by atoms with Gasteiger partial charge in [-0.05, 0) is 37.6 Å². The lowest BCUT2D eigenvalue weighted by molar-refractivity contribution is 0.605. The molecule has 3 nitrogen and oxygen atoms in total. The second kappa shape index (κ2) is 4.03. The number of rotatable bonds is 2. The molecule has 0 saturated carbocycles. The van der Waals surface area contributed by atoms with E-state index in [1.54, 1.807) is 12.4 Å². The monoisotopic (exact) mass is 221 g/mol. The summed E-state index contributed by atoms with van der Waals surface area (Å²) >= 11 is 6.01. The molecule has 0 N–H and O–H groups in total. The van der Waals surface area contributed by atoms with Crippen molar-refractivity contribution in [1.82, 2.24) is 14.5 Å². The van der Waals surface area contributed by atoms with Crippen LogP contribution in [0.25, 0.3) is 11.4 Å². The first-order chi connectivity index (χ1) is 7.20. The molecule has 2 rings (SSSR count). The van der Waals surface area contributed by atoms with Gasteiger partial charge in [-0.1, -0.05) is 6.07 Å². The fraction of sp³-hybridized carbons (Fsp3) is 0.273. The van der Waals surface area contributed by atoms with Crippen molar-refractivity contribution in [2.45, 2.75) is 19.9 Å². The summed E-state index contributed by atoms with van der Waals surface area (Å²) < 4.78 is 1.96. The van der Waals surface area contributed by atoms with Crippen molar-refractivity contribution in [2.24, 2.45) is 0 Å². The molecule has 0 atom stereocenters. The van der Waals surface area contributed by atoms with Gasteiger partial charge in [0.2, 0.25) is 5.28 Å².